The molecule has 0 bridgehead atoms. The van der Waals surface area contributed by atoms with Gasteiger partial charge in [0.15, 0.2) is 0 Å². The number of piperazine rings is 1. The lowest BCUT2D eigenvalue weighted by molar-refractivity contribution is -0.121. The van der Waals surface area contributed by atoms with Crippen LogP contribution in [-0.2, 0) is 14.8 Å². The Morgan fingerprint density at radius 2 is 1.43 bits per heavy atom. The number of amides is 1. The first-order valence-corrected chi connectivity index (χ1v) is 11.7. The summed E-state index contributed by atoms with van der Waals surface area (Å²) in [6.45, 7) is 11.6. The molecule has 1 amide bonds. The van der Waals surface area contributed by atoms with Gasteiger partial charge < -0.3 is 5.32 Å². The van der Waals surface area contributed by atoms with Crippen molar-refractivity contribution in [3.63, 3.8) is 0 Å². The first-order valence-electron chi connectivity index (χ1n) is 10.3. The maximum atomic E-state index is 12.9. The number of carbonyl (C=O) groups is 1. The predicted octanol–water partition coefficient (Wildman–Crippen LogP) is 3.25. The Bertz CT molecular complexity index is 1000. The summed E-state index contributed by atoms with van der Waals surface area (Å²) in [5, 5.41) is 3.06. The molecule has 0 aliphatic carbocycles. The zero-order valence-electron chi connectivity index (χ0n) is 18.4. The van der Waals surface area contributed by atoms with Gasteiger partial charge in [-0.1, -0.05) is 35.4 Å². The van der Waals surface area contributed by atoms with Gasteiger partial charge in [-0.2, -0.15) is 4.31 Å². The van der Waals surface area contributed by atoms with E-state index in [9.17, 15) is 13.2 Å². The van der Waals surface area contributed by atoms with Crippen LogP contribution in [0.2, 0.25) is 0 Å². The largest absolute Gasteiger partial charge is 0.324 e. The lowest BCUT2D eigenvalue weighted by Crippen LogP contribution is -2.53. The quantitative estimate of drug-likeness (QED) is 0.792. The number of aryl methyl sites for hydroxylation is 4. The zero-order chi connectivity index (χ0) is 22.1. The van der Waals surface area contributed by atoms with Crippen molar-refractivity contribution in [3.05, 3.63) is 58.7 Å². The number of anilines is 1. The third-order valence-electron chi connectivity index (χ3n) is 5.78. The maximum Gasteiger partial charge on any atom is 0.243 e. The molecular formula is C23H31N3O3S. The average Bonchev–Trinajstić information content (AvgIpc) is 2.70. The number of carbonyl (C=O) groups excluding carboxylic acids is 1. The van der Waals surface area contributed by atoms with E-state index in [0.717, 1.165) is 22.4 Å². The summed E-state index contributed by atoms with van der Waals surface area (Å²) < 4.78 is 27.3. The molecule has 1 atom stereocenters. The van der Waals surface area contributed by atoms with Crippen molar-refractivity contribution >= 4 is 21.6 Å². The lowest BCUT2D eigenvalue weighted by atomic mass is 10.0. The smallest absolute Gasteiger partial charge is 0.243 e. The number of hydrogen-bond donors (Lipinski definition) is 1. The second kappa shape index (κ2) is 8.88. The minimum absolute atomic E-state index is 0.0695. The molecule has 1 aliphatic rings. The molecule has 0 aromatic heterocycles. The second-order valence-electron chi connectivity index (χ2n) is 8.19. The van der Waals surface area contributed by atoms with Crippen LogP contribution in [0.25, 0.3) is 0 Å². The van der Waals surface area contributed by atoms with Gasteiger partial charge in [0.25, 0.3) is 0 Å². The molecule has 0 saturated carbocycles. The van der Waals surface area contributed by atoms with Gasteiger partial charge in [0.2, 0.25) is 15.9 Å². The third kappa shape index (κ3) is 4.74. The van der Waals surface area contributed by atoms with E-state index in [4.69, 9.17) is 0 Å². The summed E-state index contributed by atoms with van der Waals surface area (Å²) in [4.78, 5) is 15.2. The van der Waals surface area contributed by atoms with Gasteiger partial charge >= 0.3 is 0 Å². The predicted molar refractivity (Wildman–Crippen MR) is 120 cm³/mol. The Hall–Kier alpha value is -2.22. The number of nitrogens with zero attached hydrogens (tertiary/aromatic N) is 2. The summed E-state index contributed by atoms with van der Waals surface area (Å²) in [6, 6.07) is 10.7. The van der Waals surface area contributed by atoms with Crippen LogP contribution in [0.4, 0.5) is 5.69 Å². The number of rotatable bonds is 5. The molecule has 3 rings (SSSR count). The van der Waals surface area contributed by atoms with E-state index in [1.807, 2.05) is 51.7 Å². The molecule has 1 heterocycles. The molecule has 2 aromatic rings. The highest BCUT2D eigenvalue weighted by atomic mass is 32.2. The van der Waals surface area contributed by atoms with Gasteiger partial charge in [0.05, 0.1) is 10.9 Å². The normalized spacial score (nSPS) is 17.0. The van der Waals surface area contributed by atoms with Gasteiger partial charge in [0, 0.05) is 31.9 Å². The monoisotopic (exact) mass is 429 g/mol. The Morgan fingerprint density at radius 1 is 0.900 bits per heavy atom. The average molecular weight is 430 g/mol. The lowest BCUT2D eigenvalue weighted by Gasteiger charge is -2.36. The van der Waals surface area contributed by atoms with Crippen molar-refractivity contribution < 1.29 is 13.2 Å². The Labute approximate surface area is 179 Å². The van der Waals surface area contributed by atoms with Crippen LogP contribution in [0.1, 0.15) is 29.2 Å². The van der Waals surface area contributed by atoms with E-state index in [-0.39, 0.29) is 11.9 Å². The van der Waals surface area contributed by atoms with Crippen molar-refractivity contribution in [2.45, 2.75) is 45.6 Å². The van der Waals surface area contributed by atoms with Crippen LogP contribution in [0.15, 0.2) is 41.3 Å². The first-order chi connectivity index (χ1) is 14.1. The molecule has 30 heavy (non-hydrogen) atoms. The van der Waals surface area contributed by atoms with Crippen LogP contribution in [0.3, 0.4) is 0 Å². The Balaban J connectivity index is 1.63. The van der Waals surface area contributed by atoms with Crippen LogP contribution < -0.4 is 5.32 Å². The van der Waals surface area contributed by atoms with Gasteiger partial charge in [0.1, 0.15) is 0 Å². The Kier molecular flexibility index (Phi) is 6.65. The molecule has 2 aromatic carbocycles. The van der Waals surface area contributed by atoms with E-state index in [1.54, 1.807) is 12.1 Å². The summed E-state index contributed by atoms with van der Waals surface area (Å²) in [6.07, 6.45) is 0. The summed E-state index contributed by atoms with van der Waals surface area (Å²) in [7, 11) is -3.51. The van der Waals surface area contributed by atoms with Crippen molar-refractivity contribution in [1.82, 2.24) is 9.21 Å². The van der Waals surface area contributed by atoms with E-state index >= 15 is 0 Å². The summed E-state index contributed by atoms with van der Waals surface area (Å²) >= 11 is 0. The molecule has 162 valence electrons. The fraction of sp³-hybridized carbons (Fsp3) is 0.435. The van der Waals surface area contributed by atoms with E-state index in [1.165, 1.54) is 9.87 Å². The molecule has 0 unspecified atom stereocenters. The topological polar surface area (TPSA) is 69.7 Å². The van der Waals surface area contributed by atoms with Gasteiger partial charge in [-0.15, -0.1) is 0 Å². The fourth-order valence-electron chi connectivity index (χ4n) is 3.96. The molecule has 6 nitrogen and oxygen atoms in total. The zero-order valence-corrected chi connectivity index (χ0v) is 19.2. The van der Waals surface area contributed by atoms with Crippen molar-refractivity contribution in [1.29, 1.82) is 0 Å². The van der Waals surface area contributed by atoms with Crippen molar-refractivity contribution in [2.24, 2.45) is 0 Å². The molecule has 1 saturated heterocycles. The summed E-state index contributed by atoms with van der Waals surface area (Å²) in [5.74, 6) is -0.0695. The van der Waals surface area contributed by atoms with Crippen LogP contribution in [0.5, 0.6) is 0 Å². The van der Waals surface area contributed by atoms with E-state index in [0.29, 0.717) is 31.1 Å². The van der Waals surface area contributed by atoms with E-state index < -0.39 is 10.0 Å². The molecule has 7 heteroatoms. The number of benzene rings is 2. The second-order valence-corrected chi connectivity index (χ2v) is 10.1. The molecule has 0 spiro atoms. The van der Waals surface area contributed by atoms with Crippen LogP contribution in [0, 0.1) is 27.7 Å². The maximum absolute atomic E-state index is 12.9. The highest BCUT2D eigenvalue weighted by Crippen LogP contribution is 2.23. The number of nitrogens with one attached hydrogen (secondary N) is 1. The van der Waals surface area contributed by atoms with Crippen LogP contribution in [-0.4, -0.2) is 55.8 Å². The molecule has 0 radical (unpaired) electrons. The van der Waals surface area contributed by atoms with Gasteiger partial charge in [-0.25, -0.2) is 8.42 Å². The Morgan fingerprint density at radius 3 is 1.97 bits per heavy atom. The number of hydrogen-bond acceptors (Lipinski definition) is 4. The summed E-state index contributed by atoms with van der Waals surface area (Å²) in [5.41, 5.74) is 5.14. The molecular weight excluding hydrogens is 398 g/mol. The minimum Gasteiger partial charge on any atom is -0.324 e. The first kappa shape index (κ1) is 22.5. The standard InChI is InChI=1S/C23H31N3O3S/c1-16-6-8-21(9-7-16)30(28,29)26-12-10-25(11-13-26)20(5)23(27)24-22-18(3)14-17(2)15-19(22)4/h6-9,14-15,20H,10-13H2,1-5H3,(H,24,27)/t20-/m1/s1. The van der Waals surface area contributed by atoms with Gasteiger partial charge in [-0.3, -0.25) is 9.69 Å². The van der Waals surface area contributed by atoms with E-state index in [2.05, 4.69) is 17.4 Å². The number of sulfonamides is 1. The van der Waals surface area contributed by atoms with Gasteiger partial charge in [-0.05, 0) is 57.9 Å². The SMILES string of the molecule is Cc1ccc(S(=O)(=O)N2CCN([C@H](C)C(=O)Nc3c(C)cc(C)cc3C)CC2)cc1. The minimum atomic E-state index is -3.51. The van der Waals surface area contributed by atoms with Crippen molar-refractivity contribution in [3.8, 4) is 0 Å². The molecule has 1 fully saturated rings. The van der Waals surface area contributed by atoms with Crippen LogP contribution >= 0.6 is 0 Å². The highest BCUT2D eigenvalue weighted by molar-refractivity contribution is 7.89. The molecule has 1 aliphatic heterocycles. The molecule has 1 N–H and O–H groups in total. The fourth-order valence-corrected chi connectivity index (χ4v) is 5.38. The van der Waals surface area contributed by atoms with Crippen molar-refractivity contribution in [2.75, 3.05) is 31.5 Å². The highest BCUT2D eigenvalue weighted by Gasteiger charge is 2.32. The third-order valence-corrected chi connectivity index (χ3v) is 7.70.